The van der Waals surface area contributed by atoms with Crippen LogP contribution in [0.15, 0.2) is 54.6 Å². The van der Waals surface area contributed by atoms with E-state index in [1.807, 2.05) is 78.0 Å². The number of aromatic nitrogens is 2. The van der Waals surface area contributed by atoms with Crippen molar-refractivity contribution < 1.29 is 9.90 Å². The lowest BCUT2D eigenvalue weighted by Gasteiger charge is -2.34. The van der Waals surface area contributed by atoms with Gasteiger partial charge in [0.25, 0.3) is 5.91 Å². The molecular formula is C25H28ClN3O2. The molecule has 3 aromatic rings. The Morgan fingerprint density at radius 3 is 2.42 bits per heavy atom. The molecule has 1 N–H and O–H groups in total. The van der Waals surface area contributed by atoms with E-state index in [0.717, 1.165) is 35.4 Å². The van der Waals surface area contributed by atoms with E-state index < -0.39 is 6.10 Å². The highest BCUT2D eigenvalue weighted by Gasteiger charge is 2.31. The lowest BCUT2D eigenvalue weighted by molar-refractivity contribution is 0.0461. The van der Waals surface area contributed by atoms with E-state index in [-0.39, 0.29) is 11.8 Å². The Hall–Kier alpha value is -2.63. The second-order valence-corrected chi connectivity index (χ2v) is 8.69. The maximum atomic E-state index is 13.3. The number of carbonyl (C=O) groups is 1. The molecule has 162 valence electrons. The van der Waals surface area contributed by atoms with Gasteiger partial charge in [-0.25, -0.2) is 0 Å². The first-order valence-electron chi connectivity index (χ1n) is 10.8. The summed E-state index contributed by atoms with van der Waals surface area (Å²) < 4.78 is 1.86. The fraction of sp³-hybridized carbons (Fsp3) is 0.360. The van der Waals surface area contributed by atoms with Gasteiger partial charge in [-0.05, 0) is 49.8 Å². The lowest BCUT2D eigenvalue weighted by atomic mass is 9.87. The molecule has 6 heteroatoms. The Balaban J connectivity index is 1.44. The molecule has 0 aliphatic carbocycles. The van der Waals surface area contributed by atoms with Gasteiger partial charge in [-0.15, -0.1) is 0 Å². The Bertz CT molecular complexity index is 1060. The zero-order valence-corrected chi connectivity index (χ0v) is 18.7. The summed E-state index contributed by atoms with van der Waals surface area (Å²) in [6.45, 7) is 5.64. The molecular weight excluding hydrogens is 410 g/mol. The zero-order chi connectivity index (χ0) is 22.0. The van der Waals surface area contributed by atoms with Crippen molar-refractivity contribution in [2.75, 3.05) is 13.1 Å². The first-order valence-corrected chi connectivity index (χ1v) is 11.1. The summed E-state index contributed by atoms with van der Waals surface area (Å²) in [5, 5.41) is 16.0. The SMILES string of the molecule is Cc1nn(Cc2ccccc2Cl)c(C)c1C(=O)N1CCC(C(O)c2ccccc2)CC1. The van der Waals surface area contributed by atoms with Crippen LogP contribution in [0.2, 0.25) is 5.02 Å². The molecule has 31 heavy (non-hydrogen) atoms. The molecule has 1 aliphatic rings. The van der Waals surface area contributed by atoms with Crippen molar-refractivity contribution in [2.45, 2.75) is 39.3 Å². The number of aliphatic hydroxyl groups excluding tert-OH is 1. The van der Waals surface area contributed by atoms with Crippen molar-refractivity contribution in [3.05, 3.63) is 87.7 Å². The Kier molecular flexibility index (Phi) is 6.44. The Morgan fingerprint density at radius 1 is 1.10 bits per heavy atom. The van der Waals surface area contributed by atoms with E-state index in [4.69, 9.17) is 11.6 Å². The summed E-state index contributed by atoms with van der Waals surface area (Å²) >= 11 is 6.30. The quantitative estimate of drug-likeness (QED) is 0.624. The highest BCUT2D eigenvalue weighted by Crippen LogP contribution is 2.31. The van der Waals surface area contributed by atoms with Crippen molar-refractivity contribution in [3.8, 4) is 0 Å². The topological polar surface area (TPSA) is 58.4 Å². The van der Waals surface area contributed by atoms with Crippen LogP contribution in [0.1, 0.15) is 51.8 Å². The number of halogens is 1. The predicted molar refractivity (Wildman–Crippen MR) is 122 cm³/mol. The van der Waals surface area contributed by atoms with E-state index >= 15 is 0 Å². The van der Waals surface area contributed by atoms with E-state index in [2.05, 4.69) is 5.10 Å². The lowest BCUT2D eigenvalue weighted by Crippen LogP contribution is -2.40. The summed E-state index contributed by atoms with van der Waals surface area (Å²) in [7, 11) is 0. The standard InChI is InChI=1S/C25H28ClN3O2/c1-17-23(18(2)29(27-17)16-21-10-6-7-11-22(21)26)25(31)28-14-12-20(13-15-28)24(30)19-8-4-3-5-9-19/h3-11,20,24,30H,12-16H2,1-2H3. The summed E-state index contributed by atoms with van der Waals surface area (Å²) in [6.07, 6.45) is 1.08. The smallest absolute Gasteiger partial charge is 0.257 e. The third-order valence-corrected chi connectivity index (χ3v) is 6.66. The van der Waals surface area contributed by atoms with Crippen molar-refractivity contribution in [1.29, 1.82) is 0 Å². The molecule has 0 spiro atoms. The van der Waals surface area contributed by atoms with Gasteiger partial charge in [0.2, 0.25) is 0 Å². The number of carbonyl (C=O) groups excluding carboxylic acids is 1. The number of hydrogen-bond donors (Lipinski definition) is 1. The Labute approximate surface area is 188 Å². The van der Waals surface area contributed by atoms with Crippen LogP contribution in [0, 0.1) is 19.8 Å². The minimum Gasteiger partial charge on any atom is -0.388 e. The van der Waals surface area contributed by atoms with Gasteiger partial charge in [-0.3, -0.25) is 9.48 Å². The number of rotatable bonds is 5. The zero-order valence-electron chi connectivity index (χ0n) is 18.0. The third-order valence-electron chi connectivity index (χ3n) is 6.29. The second kappa shape index (κ2) is 9.25. The molecule has 0 saturated carbocycles. The van der Waals surface area contributed by atoms with Crippen molar-refractivity contribution in [3.63, 3.8) is 0 Å². The van der Waals surface area contributed by atoms with E-state index in [9.17, 15) is 9.90 Å². The predicted octanol–water partition coefficient (Wildman–Crippen LogP) is 4.79. The molecule has 5 nitrogen and oxygen atoms in total. The number of aliphatic hydroxyl groups is 1. The number of benzene rings is 2. The minimum absolute atomic E-state index is 0.0214. The van der Waals surface area contributed by atoms with Crippen LogP contribution in [0.25, 0.3) is 0 Å². The van der Waals surface area contributed by atoms with Gasteiger partial charge in [0.1, 0.15) is 0 Å². The van der Waals surface area contributed by atoms with Gasteiger partial charge in [-0.1, -0.05) is 60.1 Å². The molecule has 1 atom stereocenters. The monoisotopic (exact) mass is 437 g/mol. The number of amides is 1. The van der Waals surface area contributed by atoms with Crippen LogP contribution >= 0.6 is 11.6 Å². The molecule has 1 unspecified atom stereocenters. The number of piperidine rings is 1. The van der Waals surface area contributed by atoms with E-state index in [1.54, 1.807) is 0 Å². The largest absolute Gasteiger partial charge is 0.388 e. The minimum atomic E-state index is -0.486. The summed E-state index contributed by atoms with van der Waals surface area (Å²) in [4.78, 5) is 15.2. The van der Waals surface area contributed by atoms with Gasteiger partial charge in [0, 0.05) is 23.8 Å². The average Bonchev–Trinajstić information content (AvgIpc) is 3.07. The maximum absolute atomic E-state index is 13.3. The molecule has 4 rings (SSSR count). The van der Waals surface area contributed by atoms with Crippen molar-refractivity contribution in [2.24, 2.45) is 5.92 Å². The van der Waals surface area contributed by atoms with Crippen LogP contribution in [0.3, 0.4) is 0 Å². The van der Waals surface area contributed by atoms with Crippen LogP contribution in [0.4, 0.5) is 0 Å². The van der Waals surface area contributed by atoms with Crippen molar-refractivity contribution >= 4 is 17.5 Å². The fourth-order valence-corrected chi connectivity index (χ4v) is 4.64. The molecule has 2 aromatic carbocycles. The number of aryl methyl sites for hydroxylation is 1. The van der Waals surface area contributed by atoms with Gasteiger partial charge in [0.05, 0.1) is 23.9 Å². The molecule has 1 aromatic heterocycles. The van der Waals surface area contributed by atoms with Gasteiger partial charge in [0.15, 0.2) is 0 Å². The van der Waals surface area contributed by atoms with Gasteiger partial charge in [-0.2, -0.15) is 5.10 Å². The molecule has 2 heterocycles. The van der Waals surface area contributed by atoms with Gasteiger partial charge < -0.3 is 10.0 Å². The second-order valence-electron chi connectivity index (χ2n) is 8.28. The first kappa shape index (κ1) is 21.6. The summed E-state index contributed by atoms with van der Waals surface area (Å²) in [6, 6.07) is 17.5. The Morgan fingerprint density at radius 2 is 1.74 bits per heavy atom. The van der Waals surface area contributed by atoms with Crippen LogP contribution in [-0.2, 0) is 6.54 Å². The van der Waals surface area contributed by atoms with Gasteiger partial charge >= 0.3 is 0 Å². The molecule has 0 bridgehead atoms. The fourth-order valence-electron chi connectivity index (χ4n) is 4.45. The molecule has 1 amide bonds. The summed E-state index contributed by atoms with van der Waals surface area (Å²) in [5.74, 6) is 0.185. The van der Waals surface area contributed by atoms with E-state index in [1.165, 1.54) is 0 Å². The molecule has 1 saturated heterocycles. The van der Waals surface area contributed by atoms with Crippen molar-refractivity contribution in [1.82, 2.24) is 14.7 Å². The van der Waals surface area contributed by atoms with Crippen LogP contribution < -0.4 is 0 Å². The highest BCUT2D eigenvalue weighted by atomic mass is 35.5. The first-order chi connectivity index (χ1) is 15.0. The highest BCUT2D eigenvalue weighted by molar-refractivity contribution is 6.31. The normalized spacial score (nSPS) is 15.8. The summed E-state index contributed by atoms with van der Waals surface area (Å²) in [5.41, 5.74) is 4.19. The number of nitrogens with zero attached hydrogens (tertiary/aromatic N) is 3. The maximum Gasteiger partial charge on any atom is 0.257 e. The molecule has 1 aliphatic heterocycles. The van der Waals surface area contributed by atoms with Crippen LogP contribution in [0.5, 0.6) is 0 Å². The molecule has 1 fully saturated rings. The number of hydrogen-bond acceptors (Lipinski definition) is 3. The number of likely N-dealkylation sites (tertiary alicyclic amines) is 1. The third kappa shape index (κ3) is 4.53. The van der Waals surface area contributed by atoms with Crippen LogP contribution in [-0.4, -0.2) is 38.8 Å². The molecule has 0 radical (unpaired) electrons. The average molecular weight is 438 g/mol. The van der Waals surface area contributed by atoms with E-state index in [0.29, 0.717) is 30.2 Å².